The first-order valence-corrected chi connectivity index (χ1v) is 27.8. The van der Waals surface area contributed by atoms with Gasteiger partial charge in [-0.3, -0.25) is 9.59 Å². The van der Waals surface area contributed by atoms with Crippen LogP contribution in [0.2, 0.25) is 0 Å². The lowest BCUT2D eigenvalue weighted by Crippen LogP contribution is -2.30. The van der Waals surface area contributed by atoms with Gasteiger partial charge in [0.25, 0.3) is 0 Å². The van der Waals surface area contributed by atoms with Crippen molar-refractivity contribution >= 4 is 11.9 Å². The molecule has 5 nitrogen and oxygen atoms in total. The zero-order valence-electron chi connectivity index (χ0n) is 42.8. The average molecular weight is 895 g/mol. The first kappa shape index (κ1) is 61.6. The van der Waals surface area contributed by atoms with Crippen molar-refractivity contribution in [2.24, 2.45) is 0 Å². The molecule has 5 heteroatoms. The van der Waals surface area contributed by atoms with Crippen molar-refractivity contribution in [1.82, 2.24) is 0 Å². The monoisotopic (exact) mass is 895 g/mol. The summed E-state index contributed by atoms with van der Waals surface area (Å²) in [5, 5.41) is 0. The standard InChI is InChI=1S/C59H106O5/c1-4-7-10-13-16-19-22-25-28-30-32-34-37-40-43-46-49-52-58(60)63-56-57(55-62-54-51-48-45-42-39-36-33-29-26-23-20-17-14-11-8-5-2)64-59(61)53-50-47-44-41-38-35-31-27-24-21-18-15-12-9-6-3/h7,10,16,19,25,27-28,31-32,34,57H,4-6,8-9,11-15,17-18,20-24,26,29-30,33,35-56H2,1-3H3/b10-7-,19-16-,28-25-,31-27-,34-32-. The maximum atomic E-state index is 12.8. The van der Waals surface area contributed by atoms with Crippen LogP contribution >= 0.6 is 0 Å². The van der Waals surface area contributed by atoms with Gasteiger partial charge in [0.2, 0.25) is 0 Å². The molecule has 1 unspecified atom stereocenters. The van der Waals surface area contributed by atoms with Crippen LogP contribution in [0.4, 0.5) is 0 Å². The Morgan fingerprint density at radius 2 is 0.703 bits per heavy atom. The first-order chi connectivity index (χ1) is 31.6. The molecule has 0 saturated carbocycles. The predicted molar refractivity (Wildman–Crippen MR) is 279 cm³/mol. The molecular formula is C59H106O5. The summed E-state index contributed by atoms with van der Waals surface area (Å²) in [4.78, 5) is 25.5. The van der Waals surface area contributed by atoms with E-state index in [0.29, 0.717) is 19.4 Å². The van der Waals surface area contributed by atoms with Crippen LogP contribution in [-0.2, 0) is 23.8 Å². The van der Waals surface area contributed by atoms with Gasteiger partial charge >= 0.3 is 11.9 Å². The van der Waals surface area contributed by atoms with Crippen LogP contribution in [0, 0.1) is 0 Å². The molecule has 0 fully saturated rings. The van der Waals surface area contributed by atoms with E-state index in [1.807, 2.05) is 0 Å². The Morgan fingerprint density at radius 3 is 1.14 bits per heavy atom. The van der Waals surface area contributed by atoms with E-state index < -0.39 is 6.10 Å². The molecule has 0 amide bonds. The number of ether oxygens (including phenoxy) is 3. The van der Waals surface area contributed by atoms with Gasteiger partial charge in [0.05, 0.1) is 6.61 Å². The van der Waals surface area contributed by atoms with Crippen molar-refractivity contribution in [1.29, 1.82) is 0 Å². The lowest BCUT2D eigenvalue weighted by Gasteiger charge is -2.18. The van der Waals surface area contributed by atoms with Crippen LogP contribution in [0.1, 0.15) is 278 Å². The molecule has 0 heterocycles. The van der Waals surface area contributed by atoms with E-state index in [2.05, 4.69) is 81.5 Å². The molecule has 0 aromatic heterocycles. The summed E-state index contributed by atoms with van der Waals surface area (Å²) in [5.41, 5.74) is 0. The maximum Gasteiger partial charge on any atom is 0.306 e. The normalized spacial score (nSPS) is 12.6. The number of hydrogen-bond donors (Lipinski definition) is 0. The molecule has 0 saturated heterocycles. The summed E-state index contributed by atoms with van der Waals surface area (Å²) in [6.07, 6.45) is 69.5. The van der Waals surface area contributed by atoms with E-state index in [0.717, 1.165) is 96.3 Å². The number of unbranched alkanes of at least 4 members (excludes halogenated alkanes) is 30. The SMILES string of the molecule is CC/C=C\C/C=C\C/C=C\C/C=C\CCCCCCC(=O)OCC(COCCCCCCCCCCCCCCCCCC)OC(=O)CCCCCCC/C=C\CCCCCCCC. The second-order valence-electron chi connectivity index (χ2n) is 18.5. The van der Waals surface area contributed by atoms with E-state index in [-0.39, 0.29) is 25.2 Å². The third-order valence-electron chi connectivity index (χ3n) is 12.0. The van der Waals surface area contributed by atoms with E-state index in [1.165, 1.54) is 148 Å². The fourth-order valence-corrected chi connectivity index (χ4v) is 7.91. The third-order valence-corrected chi connectivity index (χ3v) is 12.0. The van der Waals surface area contributed by atoms with Gasteiger partial charge in [-0.2, -0.15) is 0 Å². The Kier molecular flexibility index (Phi) is 52.9. The summed E-state index contributed by atoms with van der Waals surface area (Å²) in [5.74, 6) is -0.423. The van der Waals surface area contributed by atoms with Crippen LogP contribution in [0.25, 0.3) is 0 Å². The lowest BCUT2D eigenvalue weighted by molar-refractivity contribution is -0.163. The summed E-state index contributed by atoms with van der Waals surface area (Å²) in [6, 6.07) is 0. The number of esters is 2. The smallest absolute Gasteiger partial charge is 0.306 e. The second kappa shape index (κ2) is 54.9. The van der Waals surface area contributed by atoms with Gasteiger partial charge < -0.3 is 14.2 Å². The highest BCUT2D eigenvalue weighted by atomic mass is 16.6. The van der Waals surface area contributed by atoms with Gasteiger partial charge in [-0.25, -0.2) is 0 Å². The number of allylic oxidation sites excluding steroid dienone is 10. The van der Waals surface area contributed by atoms with E-state index in [1.54, 1.807) is 0 Å². The highest BCUT2D eigenvalue weighted by Crippen LogP contribution is 2.15. The zero-order chi connectivity index (χ0) is 46.3. The molecule has 0 aromatic carbocycles. The minimum absolute atomic E-state index is 0.0712. The molecule has 0 spiro atoms. The zero-order valence-corrected chi connectivity index (χ0v) is 42.8. The van der Waals surface area contributed by atoms with Crippen LogP contribution in [0.3, 0.4) is 0 Å². The number of hydrogen-bond acceptors (Lipinski definition) is 5. The van der Waals surface area contributed by atoms with Crippen molar-refractivity contribution in [3.8, 4) is 0 Å². The third kappa shape index (κ3) is 52.2. The Bertz CT molecular complexity index is 1100. The van der Waals surface area contributed by atoms with Crippen molar-refractivity contribution in [2.45, 2.75) is 284 Å². The van der Waals surface area contributed by atoms with Crippen LogP contribution in [0.15, 0.2) is 60.8 Å². The van der Waals surface area contributed by atoms with Crippen molar-refractivity contribution in [3.63, 3.8) is 0 Å². The topological polar surface area (TPSA) is 61.8 Å². The minimum atomic E-state index is -0.549. The predicted octanol–water partition coefficient (Wildman–Crippen LogP) is 18.9. The Balaban J connectivity index is 4.30. The molecular weight excluding hydrogens is 789 g/mol. The Hall–Kier alpha value is -2.40. The molecule has 372 valence electrons. The fraction of sp³-hybridized carbons (Fsp3) is 0.797. The maximum absolute atomic E-state index is 12.8. The van der Waals surface area contributed by atoms with Gasteiger partial charge in [0.15, 0.2) is 6.10 Å². The molecule has 0 aliphatic rings. The van der Waals surface area contributed by atoms with Gasteiger partial charge in [0, 0.05) is 19.4 Å². The van der Waals surface area contributed by atoms with E-state index in [4.69, 9.17) is 14.2 Å². The van der Waals surface area contributed by atoms with Crippen LogP contribution < -0.4 is 0 Å². The number of rotatable bonds is 51. The van der Waals surface area contributed by atoms with Crippen molar-refractivity contribution in [2.75, 3.05) is 19.8 Å². The molecule has 1 atom stereocenters. The molecule has 0 aliphatic carbocycles. The molecule has 0 rings (SSSR count). The molecule has 64 heavy (non-hydrogen) atoms. The molecule has 0 N–H and O–H groups in total. The van der Waals surface area contributed by atoms with E-state index in [9.17, 15) is 9.59 Å². The lowest BCUT2D eigenvalue weighted by atomic mass is 10.0. The highest BCUT2D eigenvalue weighted by Gasteiger charge is 2.17. The largest absolute Gasteiger partial charge is 0.462 e. The highest BCUT2D eigenvalue weighted by molar-refractivity contribution is 5.70. The number of carbonyl (C=O) groups is 2. The van der Waals surface area contributed by atoms with Gasteiger partial charge in [-0.05, 0) is 83.5 Å². The quantitative estimate of drug-likeness (QED) is 0.0346. The summed E-state index contributed by atoms with van der Waals surface area (Å²) >= 11 is 0. The van der Waals surface area contributed by atoms with Crippen molar-refractivity contribution in [3.05, 3.63) is 60.8 Å². The van der Waals surface area contributed by atoms with E-state index >= 15 is 0 Å². The molecule has 0 aliphatic heterocycles. The molecule has 0 radical (unpaired) electrons. The summed E-state index contributed by atoms with van der Waals surface area (Å²) in [7, 11) is 0. The first-order valence-electron chi connectivity index (χ1n) is 27.8. The molecule has 0 aromatic rings. The van der Waals surface area contributed by atoms with Crippen LogP contribution in [0.5, 0.6) is 0 Å². The van der Waals surface area contributed by atoms with Crippen molar-refractivity contribution < 1.29 is 23.8 Å². The minimum Gasteiger partial charge on any atom is -0.462 e. The second-order valence-corrected chi connectivity index (χ2v) is 18.5. The Labute approximate surface area is 398 Å². The summed E-state index contributed by atoms with van der Waals surface area (Å²) < 4.78 is 17.4. The van der Waals surface area contributed by atoms with Gasteiger partial charge in [-0.15, -0.1) is 0 Å². The molecule has 0 bridgehead atoms. The fourth-order valence-electron chi connectivity index (χ4n) is 7.91. The number of carbonyl (C=O) groups excluding carboxylic acids is 2. The average Bonchev–Trinajstić information content (AvgIpc) is 3.30. The van der Waals surface area contributed by atoms with Gasteiger partial charge in [0.1, 0.15) is 6.61 Å². The summed E-state index contributed by atoms with van der Waals surface area (Å²) in [6.45, 7) is 7.72. The Morgan fingerprint density at radius 1 is 0.359 bits per heavy atom. The van der Waals surface area contributed by atoms with Gasteiger partial charge in [-0.1, -0.05) is 242 Å². The van der Waals surface area contributed by atoms with Crippen LogP contribution in [-0.4, -0.2) is 37.9 Å².